The normalized spacial score (nSPS) is 21.9. The number of carbonyl (C=O) groups excluding carboxylic acids is 2. The SMILES string of the molecule is CCOc1ccc(CCC[C@@H](C(=O)N2CCC(CCO)CC2)[C@@H]2OC(C)(C)OC2=O)cc1. The van der Waals surface area contributed by atoms with Gasteiger partial charge < -0.3 is 24.2 Å². The number of aryl methyl sites for hydroxylation is 1. The minimum atomic E-state index is -1.01. The van der Waals surface area contributed by atoms with Crippen LogP contribution in [-0.2, 0) is 25.5 Å². The quantitative estimate of drug-likeness (QED) is 0.554. The van der Waals surface area contributed by atoms with Gasteiger partial charge in [-0.3, -0.25) is 4.79 Å². The van der Waals surface area contributed by atoms with Crippen LogP contribution >= 0.6 is 0 Å². The van der Waals surface area contributed by atoms with Gasteiger partial charge in [0.05, 0.1) is 12.5 Å². The summed E-state index contributed by atoms with van der Waals surface area (Å²) in [5, 5.41) is 9.18. The van der Waals surface area contributed by atoms with Crippen molar-refractivity contribution >= 4 is 11.9 Å². The first-order valence-corrected chi connectivity index (χ1v) is 11.8. The van der Waals surface area contributed by atoms with E-state index in [1.54, 1.807) is 13.8 Å². The maximum absolute atomic E-state index is 13.4. The fraction of sp³-hybridized carbons (Fsp3) is 0.680. The Hall–Kier alpha value is -2.12. The Bertz CT molecular complexity index is 754. The fourth-order valence-electron chi connectivity index (χ4n) is 4.63. The summed E-state index contributed by atoms with van der Waals surface area (Å²) in [5.41, 5.74) is 1.17. The van der Waals surface area contributed by atoms with Gasteiger partial charge >= 0.3 is 5.97 Å². The number of piperidine rings is 1. The van der Waals surface area contributed by atoms with Gasteiger partial charge in [0.2, 0.25) is 11.7 Å². The van der Waals surface area contributed by atoms with Crippen LogP contribution in [0.15, 0.2) is 24.3 Å². The van der Waals surface area contributed by atoms with Crippen LogP contribution in [-0.4, -0.2) is 60.1 Å². The van der Waals surface area contributed by atoms with E-state index in [9.17, 15) is 14.7 Å². The van der Waals surface area contributed by atoms with Crippen LogP contribution in [0, 0.1) is 11.8 Å². The summed E-state index contributed by atoms with van der Waals surface area (Å²) in [6.07, 6.45) is 3.80. The van der Waals surface area contributed by atoms with E-state index in [4.69, 9.17) is 14.2 Å². The average molecular weight is 448 g/mol. The Morgan fingerprint density at radius 3 is 2.50 bits per heavy atom. The molecule has 0 saturated carbocycles. The molecule has 0 spiro atoms. The summed E-state index contributed by atoms with van der Waals surface area (Å²) < 4.78 is 16.7. The van der Waals surface area contributed by atoms with Crippen LogP contribution < -0.4 is 4.74 Å². The predicted octanol–water partition coefficient (Wildman–Crippen LogP) is 3.32. The molecule has 3 rings (SSSR count). The molecule has 2 saturated heterocycles. The highest BCUT2D eigenvalue weighted by molar-refractivity contribution is 5.87. The number of carbonyl (C=O) groups is 2. The van der Waals surface area contributed by atoms with Crippen molar-refractivity contribution in [2.24, 2.45) is 11.8 Å². The standard InChI is InChI=1S/C25H37NO6/c1-4-30-20-10-8-18(9-11-20)6-5-7-21(22-24(29)32-25(2,3)31-22)23(28)26-15-12-19(13-16-26)14-17-27/h8-11,19,21-22,27H,4-7,12-17H2,1-3H3/t21-,22+/m1/s1. The molecule has 0 aromatic heterocycles. The van der Waals surface area contributed by atoms with E-state index in [1.807, 2.05) is 36.1 Å². The van der Waals surface area contributed by atoms with Crippen LogP contribution in [0.25, 0.3) is 0 Å². The van der Waals surface area contributed by atoms with Gasteiger partial charge in [-0.15, -0.1) is 0 Å². The summed E-state index contributed by atoms with van der Waals surface area (Å²) in [6, 6.07) is 7.99. The lowest BCUT2D eigenvalue weighted by Gasteiger charge is -2.35. The van der Waals surface area contributed by atoms with Gasteiger partial charge in [0, 0.05) is 33.5 Å². The number of benzene rings is 1. The van der Waals surface area contributed by atoms with Crippen molar-refractivity contribution < 1.29 is 28.9 Å². The highest BCUT2D eigenvalue weighted by Crippen LogP contribution is 2.33. The molecule has 0 aliphatic carbocycles. The molecule has 1 N–H and O–H groups in total. The second-order valence-electron chi connectivity index (χ2n) is 9.22. The Labute approximate surface area is 191 Å². The molecule has 1 amide bonds. The molecule has 0 bridgehead atoms. The largest absolute Gasteiger partial charge is 0.494 e. The number of esters is 1. The molecule has 7 nitrogen and oxygen atoms in total. The minimum absolute atomic E-state index is 0.0289. The second kappa shape index (κ2) is 11.1. The van der Waals surface area contributed by atoms with Crippen LogP contribution in [0.4, 0.5) is 0 Å². The predicted molar refractivity (Wildman–Crippen MR) is 120 cm³/mol. The average Bonchev–Trinajstić information content (AvgIpc) is 3.05. The van der Waals surface area contributed by atoms with E-state index in [1.165, 1.54) is 5.56 Å². The molecular formula is C25H37NO6. The number of ether oxygens (including phenoxy) is 3. The second-order valence-corrected chi connectivity index (χ2v) is 9.22. The van der Waals surface area contributed by atoms with Crippen molar-refractivity contribution in [3.8, 4) is 5.75 Å². The van der Waals surface area contributed by atoms with Crippen LogP contribution in [0.5, 0.6) is 5.75 Å². The third kappa shape index (κ3) is 6.45. The lowest BCUT2D eigenvalue weighted by molar-refractivity contribution is -0.163. The summed E-state index contributed by atoms with van der Waals surface area (Å²) in [6.45, 7) is 7.49. The Morgan fingerprint density at radius 1 is 1.25 bits per heavy atom. The minimum Gasteiger partial charge on any atom is -0.494 e. The van der Waals surface area contributed by atoms with Gasteiger partial charge in [0.1, 0.15) is 5.75 Å². The zero-order valence-corrected chi connectivity index (χ0v) is 19.5. The van der Waals surface area contributed by atoms with E-state index >= 15 is 0 Å². The van der Waals surface area contributed by atoms with Gasteiger partial charge in [-0.1, -0.05) is 12.1 Å². The molecule has 32 heavy (non-hydrogen) atoms. The Kier molecular flexibility index (Phi) is 8.54. The molecule has 0 radical (unpaired) electrons. The summed E-state index contributed by atoms with van der Waals surface area (Å²) >= 11 is 0. The number of amides is 1. The molecule has 7 heteroatoms. The molecule has 1 aromatic carbocycles. The highest BCUT2D eigenvalue weighted by atomic mass is 16.8. The first-order chi connectivity index (χ1) is 15.3. The molecule has 2 aliphatic heterocycles. The molecule has 178 valence electrons. The monoisotopic (exact) mass is 447 g/mol. The van der Waals surface area contributed by atoms with Crippen molar-refractivity contribution in [2.75, 3.05) is 26.3 Å². The lowest BCUT2D eigenvalue weighted by Crippen LogP contribution is -2.46. The third-order valence-corrected chi connectivity index (χ3v) is 6.35. The van der Waals surface area contributed by atoms with E-state index in [0.717, 1.165) is 37.9 Å². The van der Waals surface area contributed by atoms with Gasteiger partial charge in [-0.25, -0.2) is 4.79 Å². The van der Waals surface area contributed by atoms with Gasteiger partial charge in [-0.05, 0) is 69.1 Å². The zero-order valence-electron chi connectivity index (χ0n) is 19.5. The van der Waals surface area contributed by atoms with E-state index in [2.05, 4.69) is 0 Å². The zero-order chi connectivity index (χ0) is 23.1. The number of hydrogen-bond acceptors (Lipinski definition) is 6. The van der Waals surface area contributed by atoms with E-state index in [0.29, 0.717) is 32.0 Å². The molecule has 2 heterocycles. The van der Waals surface area contributed by atoms with Crippen LogP contribution in [0.2, 0.25) is 0 Å². The molecule has 2 fully saturated rings. The molecular weight excluding hydrogens is 410 g/mol. The van der Waals surface area contributed by atoms with Crippen molar-refractivity contribution in [3.05, 3.63) is 29.8 Å². The van der Waals surface area contributed by atoms with Crippen molar-refractivity contribution in [1.29, 1.82) is 0 Å². The lowest BCUT2D eigenvalue weighted by atomic mass is 9.90. The van der Waals surface area contributed by atoms with E-state index < -0.39 is 23.8 Å². The maximum atomic E-state index is 13.4. The van der Waals surface area contributed by atoms with Crippen LogP contribution in [0.3, 0.4) is 0 Å². The third-order valence-electron chi connectivity index (χ3n) is 6.35. The number of nitrogens with zero attached hydrogens (tertiary/aromatic N) is 1. The summed E-state index contributed by atoms with van der Waals surface area (Å²) in [7, 11) is 0. The first-order valence-electron chi connectivity index (χ1n) is 11.8. The Balaban J connectivity index is 1.63. The topological polar surface area (TPSA) is 85.3 Å². The molecule has 0 unspecified atom stereocenters. The van der Waals surface area contributed by atoms with Crippen molar-refractivity contribution in [1.82, 2.24) is 4.90 Å². The maximum Gasteiger partial charge on any atom is 0.338 e. The highest BCUT2D eigenvalue weighted by Gasteiger charge is 2.48. The number of aliphatic hydroxyl groups is 1. The smallest absolute Gasteiger partial charge is 0.338 e. The molecule has 1 aromatic rings. The van der Waals surface area contributed by atoms with Crippen molar-refractivity contribution in [2.45, 2.75) is 71.2 Å². The summed E-state index contributed by atoms with van der Waals surface area (Å²) in [5.74, 6) is -0.750. The number of aliphatic hydroxyl groups excluding tert-OH is 1. The summed E-state index contributed by atoms with van der Waals surface area (Å²) in [4.78, 5) is 27.8. The number of rotatable bonds is 10. The van der Waals surface area contributed by atoms with E-state index in [-0.39, 0.29) is 12.5 Å². The fourth-order valence-corrected chi connectivity index (χ4v) is 4.63. The van der Waals surface area contributed by atoms with Gasteiger partial charge in [-0.2, -0.15) is 0 Å². The Morgan fingerprint density at radius 2 is 1.94 bits per heavy atom. The number of likely N-dealkylation sites (tertiary alicyclic amines) is 1. The molecule has 2 atom stereocenters. The van der Waals surface area contributed by atoms with Gasteiger partial charge in [0.25, 0.3) is 0 Å². The van der Waals surface area contributed by atoms with Gasteiger partial charge in [0.15, 0.2) is 6.10 Å². The molecule has 2 aliphatic rings. The first kappa shape index (κ1) is 24.5. The van der Waals surface area contributed by atoms with Crippen molar-refractivity contribution in [3.63, 3.8) is 0 Å². The number of hydrogen-bond donors (Lipinski definition) is 1. The number of cyclic esters (lactones) is 1. The van der Waals surface area contributed by atoms with Crippen LogP contribution in [0.1, 0.15) is 58.4 Å².